The van der Waals surface area contributed by atoms with Gasteiger partial charge in [-0.3, -0.25) is 9.58 Å². The predicted molar refractivity (Wildman–Crippen MR) is 109 cm³/mol. The van der Waals surface area contributed by atoms with Crippen molar-refractivity contribution in [2.24, 2.45) is 12.0 Å². The van der Waals surface area contributed by atoms with Crippen LogP contribution in [0.25, 0.3) is 0 Å². The van der Waals surface area contributed by atoms with Crippen molar-refractivity contribution in [3.8, 4) is 0 Å². The van der Waals surface area contributed by atoms with E-state index in [0.29, 0.717) is 6.54 Å². The first-order valence-electron chi connectivity index (χ1n) is 9.85. The zero-order valence-electron chi connectivity index (χ0n) is 16.8. The number of nitrogens with one attached hydrogen (secondary N) is 2. The van der Waals surface area contributed by atoms with Crippen LogP contribution in [0.5, 0.6) is 0 Å². The molecule has 1 aliphatic heterocycles. The highest BCUT2D eigenvalue weighted by Crippen LogP contribution is 2.09. The van der Waals surface area contributed by atoms with E-state index in [-0.39, 0.29) is 0 Å². The van der Waals surface area contributed by atoms with E-state index in [2.05, 4.69) is 52.4 Å². The van der Waals surface area contributed by atoms with Crippen LogP contribution in [0.3, 0.4) is 0 Å². The van der Waals surface area contributed by atoms with Crippen molar-refractivity contribution in [1.29, 1.82) is 0 Å². The molecule has 3 rings (SSSR count). The van der Waals surface area contributed by atoms with Crippen LogP contribution >= 0.6 is 0 Å². The average molecular weight is 387 g/mol. The van der Waals surface area contributed by atoms with Gasteiger partial charge < -0.3 is 15.5 Å². The summed E-state index contributed by atoms with van der Waals surface area (Å²) >= 11 is 0. The summed E-state index contributed by atoms with van der Waals surface area (Å²) in [5.41, 5.74) is 0. The molecule has 10 nitrogen and oxygen atoms in total. The minimum absolute atomic E-state index is 0.509. The molecule has 0 saturated carbocycles. The normalized spacial score (nSPS) is 15.6. The molecular weight excluding hydrogens is 356 g/mol. The maximum Gasteiger partial charge on any atom is 0.225 e. The van der Waals surface area contributed by atoms with Crippen LogP contribution in [0.1, 0.15) is 19.2 Å². The number of piperazine rings is 1. The summed E-state index contributed by atoms with van der Waals surface area (Å²) in [5, 5.41) is 10.7. The van der Waals surface area contributed by atoms with Gasteiger partial charge in [-0.2, -0.15) is 5.10 Å². The van der Waals surface area contributed by atoms with Gasteiger partial charge >= 0.3 is 0 Å². The van der Waals surface area contributed by atoms with Crippen LogP contribution in [-0.2, 0) is 13.6 Å². The molecule has 0 aliphatic carbocycles. The Balaban J connectivity index is 1.35. The lowest BCUT2D eigenvalue weighted by molar-refractivity contribution is 0.254. The molecule has 1 saturated heterocycles. The van der Waals surface area contributed by atoms with E-state index < -0.39 is 0 Å². The second-order valence-corrected chi connectivity index (χ2v) is 6.65. The number of hydrogen-bond acceptors (Lipinski definition) is 7. The van der Waals surface area contributed by atoms with Gasteiger partial charge in [0, 0.05) is 58.7 Å². The van der Waals surface area contributed by atoms with Crippen LogP contribution < -0.4 is 15.5 Å². The van der Waals surface area contributed by atoms with E-state index in [1.807, 2.05) is 13.1 Å². The van der Waals surface area contributed by atoms with Gasteiger partial charge in [-0.25, -0.2) is 19.9 Å². The van der Waals surface area contributed by atoms with Crippen LogP contribution in [0.15, 0.2) is 29.8 Å². The fraction of sp³-hybridized carbons (Fsp3) is 0.611. The minimum atomic E-state index is 0.509. The lowest BCUT2D eigenvalue weighted by atomic mass is 10.3. The fourth-order valence-corrected chi connectivity index (χ4v) is 3.09. The molecule has 1 aliphatic rings. The van der Waals surface area contributed by atoms with E-state index >= 15 is 0 Å². The Morgan fingerprint density at radius 2 is 1.89 bits per heavy atom. The van der Waals surface area contributed by atoms with Gasteiger partial charge in [0.1, 0.15) is 18.7 Å². The maximum absolute atomic E-state index is 4.58. The summed E-state index contributed by atoms with van der Waals surface area (Å²) in [5.74, 6) is 2.49. The molecule has 2 N–H and O–H groups in total. The van der Waals surface area contributed by atoms with Gasteiger partial charge in [-0.15, -0.1) is 0 Å². The standard InChI is InChI=1S/C18H30N10/c1-3-19-17(23-14-16-24-15-25-26(16)2)20-8-5-9-27-10-12-28(13-11-27)18-21-6-4-7-22-18/h4,6-7,15H,3,5,8-14H2,1-2H3,(H2,19,20,23). The molecule has 10 heteroatoms. The third kappa shape index (κ3) is 5.88. The lowest BCUT2D eigenvalue weighted by Crippen LogP contribution is -2.47. The smallest absolute Gasteiger partial charge is 0.225 e. The van der Waals surface area contributed by atoms with Gasteiger partial charge in [0.2, 0.25) is 5.95 Å². The van der Waals surface area contributed by atoms with Gasteiger partial charge in [-0.05, 0) is 26.0 Å². The van der Waals surface area contributed by atoms with Crippen LogP contribution in [-0.4, -0.2) is 81.4 Å². The second-order valence-electron chi connectivity index (χ2n) is 6.65. The van der Waals surface area contributed by atoms with E-state index in [0.717, 1.165) is 70.0 Å². The molecule has 2 aromatic heterocycles. The molecule has 0 atom stereocenters. The topological polar surface area (TPSA) is 99.4 Å². The van der Waals surface area contributed by atoms with Crippen LogP contribution in [0.4, 0.5) is 5.95 Å². The van der Waals surface area contributed by atoms with Crippen molar-refractivity contribution in [1.82, 2.24) is 40.3 Å². The van der Waals surface area contributed by atoms with E-state index in [4.69, 9.17) is 0 Å². The average Bonchev–Trinajstić information content (AvgIpc) is 3.15. The first-order valence-corrected chi connectivity index (χ1v) is 9.85. The molecule has 2 aromatic rings. The van der Waals surface area contributed by atoms with E-state index in [1.54, 1.807) is 23.4 Å². The van der Waals surface area contributed by atoms with Crippen molar-refractivity contribution < 1.29 is 0 Å². The highest BCUT2D eigenvalue weighted by atomic mass is 15.3. The van der Waals surface area contributed by atoms with E-state index in [1.165, 1.54) is 0 Å². The van der Waals surface area contributed by atoms with Crippen molar-refractivity contribution in [3.63, 3.8) is 0 Å². The molecule has 0 aromatic carbocycles. The number of rotatable bonds is 8. The summed E-state index contributed by atoms with van der Waals surface area (Å²) in [4.78, 5) is 22.2. The number of aliphatic imine (C=N–C) groups is 1. The van der Waals surface area contributed by atoms with Crippen molar-refractivity contribution in [3.05, 3.63) is 30.6 Å². The minimum Gasteiger partial charge on any atom is -0.357 e. The molecule has 1 fully saturated rings. The summed E-state index contributed by atoms with van der Waals surface area (Å²) in [6.07, 6.45) is 6.22. The monoisotopic (exact) mass is 386 g/mol. The second kappa shape index (κ2) is 10.5. The summed E-state index contributed by atoms with van der Waals surface area (Å²) < 4.78 is 1.74. The fourth-order valence-electron chi connectivity index (χ4n) is 3.09. The van der Waals surface area contributed by atoms with Crippen LogP contribution in [0.2, 0.25) is 0 Å². The van der Waals surface area contributed by atoms with Gasteiger partial charge in [0.05, 0.1) is 0 Å². The number of aryl methyl sites for hydroxylation is 1. The third-order valence-corrected chi connectivity index (χ3v) is 4.68. The Morgan fingerprint density at radius 1 is 1.11 bits per heavy atom. The molecule has 0 bridgehead atoms. The van der Waals surface area contributed by atoms with Crippen LogP contribution in [0, 0.1) is 0 Å². The largest absolute Gasteiger partial charge is 0.357 e. The van der Waals surface area contributed by atoms with Gasteiger partial charge in [0.25, 0.3) is 0 Å². The van der Waals surface area contributed by atoms with Crippen molar-refractivity contribution >= 4 is 11.9 Å². The zero-order chi connectivity index (χ0) is 19.6. The number of aromatic nitrogens is 5. The van der Waals surface area contributed by atoms with Gasteiger partial charge in [0.15, 0.2) is 5.96 Å². The Labute approximate surface area is 166 Å². The Hall–Kier alpha value is -2.75. The molecule has 152 valence electrons. The third-order valence-electron chi connectivity index (χ3n) is 4.68. The Kier molecular flexibility index (Phi) is 7.53. The highest BCUT2D eigenvalue weighted by molar-refractivity contribution is 5.79. The number of nitrogens with zero attached hydrogens (tertiary/aromatic N) is 8. The lowest BCUT2D eigenvalue weighted by Gasteiger charge is -2.34. The molecule has 0 unspecified atom stereocenters. The molecule has 0 radical (unpaired) electrons. The van der Waals surface area contributed by atoms with E-state index in [9.17, 15) is 0 Å². The number of anilines is 1. The molecular formula is C18H30N10. The predicted octanol–water partition coefficient (Wildman–Crippen LogP) is -0.127. The molecule has 0 spiro atoms. The summed E-state index contributed by atoms with van der Waals surface area (Å²) in [7, 11) is 1.88. The number of guanidine groups is 1. The summed E-state index contributed by atoms with van der Waals surface area (Å²) in [6.45, 7) is 9.38. The zero-order valence-corrected chi connectivity index (χ0v) is 16.8. The number of hydrogen-bond donors (Lipinski definition) is 2. The SMILES string of the molecule is CCNC(=NCc1ncnn1C)NCCCN1CCN(c2ncccn2)CC1. The first-order chi connectivity index (χ1) is 13.8. The van der Waals surface area contributed by atoms with Crippen molar-refractivity contribution in [2.75, 3.05) is 50.7 Å². The maximum atomic E-state index is 4.58. The quantitative estimate of drug-likeness (QED) is 0.368. The van der Waals surface area contributed by atoms with Gasteiger partial charge in [-0.1, -0.05) is 0 Å². The summed E-state index contributed by atoms with van der Waals surface area (Å²) in [6, 6.07) is 1.85. The highest BCUT2D eigenvalue weighted by Gasteiger charge is 2.18. The molecule has 28 heavy (non-hydrogen) atoms. The molecule has 3 heterocycles. The Bertz CT molecular complexity index is 721. The van der Waals surface area contributed by atoms with Crippen molar-refractivity contribution in [2.45, 2.75) is 19.9 Å². The molecule has 0 amide bonds. The first kappa shape index (κ1) is 20.0. The Morgan fingerprint density at radius 3 is 2.57 bits per heavy atom.